The van der Waals surface area contributed by atoms with Crippen molar-refractivity contribution in [3.8, 4) is 0 Å². The number of hydrogen-bond donors (Lipinski definition) is 1. The van der Waals surface area contributed by atoms with E-state index in [1.165, 1.54) is 10.5 Å². The molecule has 2 aromatic rings. The summed E-state index contributed by atoms with van der Waals surface area (Å²) >= 11 is 1.82. The maximum atomic E-state index is 4.53. The van der Waals surface area contributed by atoms with Gasteiger partial charge >= 0.3 is 0 Å². The Bertz CT molecular complexity index is 556. The fourth-order valence-electron chi connectivity index (χ4n) is 1.91. The minimum atomic E-state index is 0.214. The highest BCUT2D eigenvalue weighted by atomic mass is 32.2. The average Bonchev–Trinajstić information content (AvgIpc) is 2.45. The van der Waals surface area contributed by atoms with Gasteiger partial charge in [-0.3, -0.25) is 0 Å². The van der Waals surface area contributed by atoms with E-state index in [1.54, 1.807) is 0 Å². The summed E-state index contributed by atoms with van der Waals surface area (Å²) < 4.78 is 0. The molecule has 0 atom stereocenters. The molecule has 106 valence electrons. The Morgan fingerprint density at radius 1 is 1.05 bits per heavy atom. The highest BCUT2D eigenvalue weighted by Gasteiger charge is 2.12. The largest absolute Gasteiger partial charge is 0.373 e. The van der Waals surface area contributed by atoms with Crippen molar-refractivity contribution in [1.29, 1.82) is 0 Å². The lowest BCUT2D eigenvalue weighted by molar-refractivity contribution is 0.590. The molecule has 1 heterocycles. The van der Waals surface area contributed by atoms with Crippen LogP contribution in [0.15, 0.2) is 47.4 Å². The molecule has 0 aliphatic carbocycles. The van der Waals surface area contributed by atoms with Crippen LogP contribution < -0.4 is 5.32 Å². The summed E-state index contributed by atoms with van der Waals surface area (Å²) in [7, 11) is 1.89. The number of aromatic nitrogens is 1. The summed E-state index contributed by atoms with van der Waals surface area (Å²) in [5.74, 6) is 1.82. The van der Waals surface area contributed by atoms with E-state index in [9.17, 15) is 0 Å². The minimum absolute atomic E-state index is 0.214. The molecular formula is C17H22N2S. The zero-order valence-corrected chi connectivity index (χ0v) is 13.4. The van der Waals surface area contributed by atoms with Gasteiger partial charge in [0.05, 0.1) is 5.69 Å². The molecule has 2 nitrogen and oxygen atoms in total. The van der Waals surface area contributed by atoms with E-state index in [0.717, 1.165) is 17.3 Å². The fraction of sp³-hybridized carbons (Fsp3) is 0.353. The van der Waals surface area contributed by atoms with Gasteiger partial charge in [0.1, 0.15) is 5.82 Å². The Balaban J connectivity index is 2.00. The molecule has 0 radical (unpaired) electrons. The number of rotatable bonds is 4. The lowest BCUT2D eigenvalue weighted by Crippen LogP contribution is -2.10. The molecule has 0 spiro atoms. The molecule has 20 heavy (non-hydrogen) atoms. The normalized spacial score (nSPS) is 11.4. The Morgan fingerprint density at radius 2 is 1.75 bits per heavy atom. The Hall–Kier alpha value is -1.48. The van der Waals surface area contributed by atoms with Crippen LogP contribution >= 0.6 is 11.8 Å². The van der Waals surface area contributed by atoms with Gasteiger partial charge in [-0.2, -0.15) is 0 Å². The maximum absolute atomic E-state index is 4.53. The van der Waals surface area contributed by atoms with E-state index >= 15 is 0 Å². The van der Waals surface area contributed by atoms with Crippen molar-refractivity contribution in [1.82, 2.24) is 4.98 Å². The number of nitrogens with one attached hydrogen (secondary N) is 1. The summed E-state index contributed by atoms with van der Waals surface area (Å²) in [4.78, 5) is 5.82. The van der Waals surface area contributed by atoms with Gasteiger partial charge in [-0.05, 0) is 35.2 Å². The second-order valence-electron chi connectivity index (χ2n) is 5.83. The van der Waals surface area contributed by atoms with Crippen LogP contribution in [0.5, 0.6) is 0 Å². The minimum Gasteiger partial charge on any atom is -0.373 e. The Morgan fingerprint density at radius 3 is 2.35 bits per heavy atom. The summed E-state index contributed by atoms with van der Waals surface area (Å²) in [6, 6.07) is 14.9. The lowest BCUT2D eigenvalue weighted by Gasteiger charge is -2.19. The van der Waals surface area contributed by atoms with Crippen LogP contribution in [0.3, 0.4) is 0 Å². The van der Waals surface area contributed by atoms with E-state index in [2.05, 4.69) is 61.4 Å². The zero-order valence-electron chi connectivity index (χ0n) is 12.6. The second-order valence-corrected chi connectivity index (χ2v) is 6.88. The molecular weight excluding hydrogens is 264 g/mol. The van der Waals surface area contributed by atoms with E-state index in [1.807, 2.05) is 30.9 Å². The van der Waals surface area contributed by atoms with Gasteiger partial charge in [0.2, 0.25) is 0 Å². The maximum Gasteiger partial charge on any atom is 0.125 e. The molecule has 3 heteroatoms. The van der Waals surface area contributed by atoms with Gasteiger partial charge in [0, 0.05) is 17.7 Å². The standard InChI is InChI=1S/C17H22N2S/c1-17(2,3)13-8-10-15(11-9-13)20-12-14-6-5-7-16(18-4)19-14/h5-11H,12H2,1-4H3,(H,18,19). The van der Waals surface area contributed by atoms with Gasteiger partial charge in [-0.15, -0.1) is 11.8 Å². The topological polar surface area (TPSA) is 24.9 Å². The lowest BCUT2D eigenvalue weighted by atomic mass is 9.87. The molecule has 1 aromatic carbocycles. The summed E-state index contributed by atoms with van der Waals surface area (Å²) in [6.07, 6.45) is 0. The first-order valence-corrected chi connectivity index (χ1v) is 7.84. The molecule has 1 aromatic heterocycles. The van der Waals surface area contributed by atoms with Crippen LogP contribution in [-0.2, 0) is 11.2 Å². The number of benzene rings is 1. The van der Waals surface area contributed by atoms with Crippen LogP contribution in [0.25, 0.3) is 0 Å². The van der Waals surface area contributed by atoms with Crippen LogP contribution in [0, 0.1) is 0 Å². The molecule has 0 saturated carbocycles. The molecule has 0 unspecified atom stereocenters. The first-order chi connectivity index (χ1) is 9.49. The predicted molar refractivity (Wildman–Crippen MR) is 88.5 cm³/mol. The first kappa shape index (κ1) is 14.9. The monoisotopic (exact) mass is 286 g/mol. The third-order valence-electron chi connectivity index (χ3n) is 3.17. The van der Waals surface area contributed by atoms with Gasteiger partial charge < -0.3 is 5.32 Å². The Kier molecular flexibility index (Phi) is 4.71. The molecule has 0 aliphatic heterocycles. The van der Waals surface area contributed by atoms with E-state index in [4.69, 9.17) is 0 Å². The highest BCUT2D eigenvalue weighted by Crippen LogP contribution is 2.27. The molecule has 0 aliphatic rings. The van der Waals surface area contributed by atoms with Crippen molar-refractivity contribution >= 4 is 17.6 Å². The van der Waals surface area contributed by atoms with Crippen molar-refractivity contribution in [2.45, 2.75) is 36.8 Å². The first-order valence-electron chi connectivity index (χ1n) is 6.86. The van der Waals surface area contributed by atoms with Crippen molar-refractivity contribution < 1.29 is 0 Å². The van der Waals surface area contributed by atoms with Crippen molar-refractivity contribution in [2.75, 3.05) is 12.4 Å². The van der Waals surface area contributed by atoms with Crippen LogP contribution in [-0.4, -0.2) is 12.0 Å². The van der Waals surface area contributed by atoms with Crippen molar-refractivity contribution in [3.63, 3.8) is 0 Å². The fourth-order valence-corrected chi connectivity index (χ4v) is 2.71. The van der Waals surface area contributed by atoms with E-state index in [-0.39, 0.29) is 5.41 Å². The van der Waals surface area contributed by atoms with Crippen LogP contribution in [0.1, 0.15) is 32.0 Å². The summed E-state index contributed by atoms with van der Waals surface area (Å²) in [5.41, 5.74) is 2.69. The molecule has 0 amide bonds. The molecule has 1 N–H and O–H groups in total. The predicted octanol–water partition coefficient (Wildman–Crippen LogP) is 4.71. The number of hydrogen-bond acceptors (Lipinski definition) is 3. The SMILES string of the molecule is CNc1cccc(CSc2ccc(C(C)(C)C)cc2)n1. The third kappa shape index (κ3) is 4.01. The highest BCUT2D eigenvalue weighted by molar-refractivity contribution is 7.98. The number of anilines is 1. The van der Waals surface area contributed by atoms with Gasteiger partial charge in [0.25, 0.3) is 0 Å². The van der Waals surface area contributed by atoms with Gasteiger partial charge in [0.15, 0.2) is 0 Å². The van der Waals surface area contributed by atoms with Crippen molar-refractivity contribution in [3.05, 3.63) is 53.7 Å². The third-order valence-corrected chi connectivity index (χ3v) is 4.22. The molecule has 0 saturated heterocycles. The summed E-state index contributed by atoms with van der Waals surface area (Å²) in [6.45, 7) is 6.72. The number of nitrogens with zero attached hydrogens (tertiary/aromatic N) is 1. The smallest absolute Gasteiger partial charge is 0.125 e. The quantitative estimate of drug-likeness (QED) is 0.824. The molecule has 0 fully saturated rings. The van der Waals surface area contributed by atoms with Gasteiger partial charge in [-0.1, -0.05) is 39.0 Å². The van der Waals surface area contributed by atoms with Crippen LogP contribution in [0.2, 0.25) is 0 Å². The molecule has 2 rings (SSSR count). The Labute approximate surface area is 126 Å². The second kappa shape index (κ2) is 6.31. The number of thioether (sulfide) groups is 1. The van der Waals surface area contributed by atoms with Crippen LogP contribution in [0.4, 0.5) is 5.82 Å². The summed E-state index contributed by atoms with van der Waals surface area (Å²) in [5, 5.41) is 3.07. The van der Waals surface area contributed by atoms with E-state index < -0.39 is 0 Å². The zero-order chi connectivity index (χ0) is 14.6. The average molecular weight is 286 g/mol. The van der Waals surface area contributed by atoms with Crippen molar-refractivity contribution in [2.24, 2.45) is 0 Å². The molecule has 0 bridgehead atoms. The number of pyridine rings is 1. The van der Waals surface area contributed by atoms with E-state index in [0.29, 0.717) is 0 Å². The van der Waals surface area contributed by atoms with Gasteiger partial charge in [-0.25, -0.2) is 4.98 Å².